The minimum absolute atomic E-state index is 0.323. The average molecular weight is 378 g/mol. The highest BCUT2D eigenvalue weighted by molar-refractivity contribution is 5.68. The topological polar surface area (TPSA) is 38.9 Å². The van der Waals surface area contributed by atoms with Gasteiger partial charge in [0, 0.05) is 43.1 Å². The molecule has 5 heteroatoms. The van der Waals surface area contributed by atoms with Gasteiger partial charge in [-0.3, -0.25) is 4.68 Å². The van der Waals surface area contributed by atoms with E-state index in [-0.39, 0.29) is 0 Å². The zero-order valence-electron chi connectivity index (χ0n) is 17.7. The first-order valence-electron chi connectivity index (χ1n) is 10.4. The van der Waals surface area contributed by atoms with Gasteiger partial charge in [0.15, 0.2) is 0 Å². The van der Waals surface area contributed by atoms with Crippen molar-refractivity contribution in [3.8, 4) is 11.3 Å². The van der Waals surface area contributed by atoms with Crippen molar-refractivity contribution in [3.05, 3.63) is 53.2 Å². The molecule has 0 saturated heterocycles. The van der Waals surface area contributed by atoms with E-state index >= 15 is 0 Å². The number of nitrogens with zero attached hydrogens (tertiary/aromatic N) is 5. The molecule has 1 aromatic carbocycles. The summed E-state index contributed by atoms with van der Waals surface area (Å²) in [6.07, 6.45) is 7.27. The maximum absolute atomic E-state index is 4.57. The Kier molecular flexibility index (Phi) is 5.00. The predicted molar refractivity (Wildman–Crippen MR) is 115 cm³/mol. The third kappa shape index (κ3) is 3.23. The summed E-state index contributed by atoms with van der Waals surface area (Å²) in [7, 11) is 2.02. The van der Waals surface area contributed by atoms with Crippen LogP contribution in [0.15, 0.2) is 30.7 Å². The van der Waals surface area contributed by atoms with Gasteiger partial charge in [-0.05, 0) is 63.3 Å². The first-order valence-corrected chi connectivity index (χ1v) is 10.4. The van der Waals surface area contributed by atoms with Gasteiger partial charge in [0.2, 0.25) is 0 Å². The van der Waals surface area contributed by atoms with E-state index in [0.29, 0.717) is 6.04 Å². The third-order valence-electron chi connectivity index (χ3n) is 6.16. The average Bonchev–Trinajstić information content (AvgIpc) is 3.37. The standard InChI is InChI=1S/C23H31N5/c1-6-10-27-11-9-20-13-19(7-8-22(20)27)23-14-24-15-28(23)16(2)12-21-17(3)25-26(5)18(21)4/h7-8,13-16H,6,9-12H2,1-5H3. The van der Waals surface area contributed by atoms with Gasteiger partial charge in [-0.1, -0.05) is 13.0 Å². The van der Waals surface area contributed by atoms with Crippen molar-refractivity contribution in [3.63, 3.8) is 0 Å². The Hall–Kier alpha value is -2.56. The molecule has 28 heavy (non-hydrogen) atoms. The smallest absolute Gasteiger partial charge is 0.0953 e. The summed E-state index contributed by atoms with van der Waals surface area (Å²) in [4.78, 5) is 6.99. The second-order valence-electron chi connectivity index (χ2n) is 8.09. The van der Waals surface area contributed by atoms with E-state index in [4.69, 9.17) is 0 Å². The number of aromatic nitrogens is 4. The van der Waals surface area contributed by atoms with Crippen LogP contribution in [-0.2, 0) is 19.9 Å². The Balaban J connectivity index is 1.61. The minimum Gasteiger partial charge on any atom is -0.371 e. The van der Waals surface area contributed by atoms with E-state index in [1.807, 2.05) is 24.3 Å². The van der Waals surface area contributed by atoms with Crippen molar-refractivity contribution in [1.82, 2.24) is 19.3 Å². The molecule has 4 rings (SSSR count). The van der Waals surface area contributed by atoms with E-state index in [9.17, 15) is 0 Å². The predicted octanol–water partition coefficient (Wildman–Crippen LogP) is 4.48. The number of hydrogen-bond donors (Lipinski definition) is 0. The third-order valence-corrected chi connectivity index (χ3v) is 6.16. The van der Waals surface area contributed by atoms with Gasteiger partial charge in [-0.25, -0.2) is 4.98 Å². The molecule has 0 N–H and O–H groups in total. The van der Waals surface area contributed by atoms with Crippen molar-refractivity contribution in [2.45, 2.75) is 53.0 Å². The van der Waals surface area contributed by atoms with Gasteiger partial charge in [0.1, 0.15) is 0 Å². The molecule has 148 valence electrons. The number of rotatable bonds is 6. The van der Waals surface area contributed by atoms with Gasteiger partial charge in [0.25, 0.3) is 0 Å². The highest BCUT2D eigenvalue weighted by Gasteiger charge is 2.21. The largest absolute Gasteiger partial charge is 0.371 e. The fourth-order valence-corrected chi connectivity index (χ4v) is 4.52. The van der Waals surface area contributed by atoms with Gasteiger partial charge in [-0.2, -0.15) is 5.10 Å². The number of anilines is 1. The molecule has 1 aliphatic heterocycles. The molecule has 0 fully saturated rings. The Morgan fingerprint density at radius 3 is 2.75 bits per heavy atom. The molecule has 5 nitrogen and oxygen atoms in total. The van der Waals surface area contributed by atoms with Crippen LogP contribution < -0.4 is 4.90 Å². The SMILES string of the molecule is CCCN1CCc2cc(-c3cncn3C(C)Cc3c(C)nn(C)c3C)ccc21. The molecular formula is C23H31N5. The Labute approximate surface area is 168 Å². The molecule has 0 radical (unpaired) electrons. The number of imidazole rings is 1. The zero-order chi connectivity index (χ0) is 19.8. The molecule has 1 unspecified atom stereocenters. The molecule has 1 aliphatic rings. The lowest BCUT2D eigenvalue weighted by Gasteiger charge is -2.19. The lowest BCUT2D eigenvalue weighted by Crippen LogP contribution is -2.20. The highest BCUT2D eigenvalue weighted by atomic mass is 15.3. The second kappa shape index (κ2) is 7.46. The van der Waals surface area contributed by atoms with Crippen LogP contribution in [0.25, 0.3) is 11.3 Å². The monoisotopic (exact) mass is 377 g/mol. The molecule has 2 aromatic heterocycles. The van der Waals surface area contributed by atoms with E-state index in [0.717, 1.165) is 31.6 Å². The van der Waals surface area contributed by atoms with Crippen molar-refractivity contribution < 1.29 is 0 Å². The van der Waals surface area contributed by atoms with Crippen molar-refractivity contribution in [2.75, 3.05) is 18.0 Å². The minimum atomic E-state index is 0.323. The number of aryl methyl sites for hydroxylation is 2. The molecule has 0 bridgehead atoms. The number of fused-ring (bicyclic) bond motifs is 1. The van der Waals surface area contributed by atoms with Crippen molar-refractivity contribution >= 4 is 5.69 Å². The normalized spacial score (nSPS) is 14.5. The first-order chi connectivity index (χ1) is 13.5. The highest BCUT2D eigenvalue weighted by Crippen LogP contribution is 2.33. The summed E-state index contributed by atoms with van der Waals surface area (Å²) >= 11 is 0. The van der Waals surface area contributed by atoms with Crippen LogP contribution in [-0.4, -0.2) is 32.4 Å². The van der Waals surface area contributed by atoms with Crippen LogP contribution >= 0.6 is 0 Å². The number of benzene rings is 1. The van der Waals surface area contributed by atoms with Gasteiger partial charge in [-0.15, -0.1) is 0 Å². The first kappa shape index (κ1) is 18.8. The molecule has 0 spiro atoms. The Morgan fingerprint density at radius 2 is 2.04 bits per heavy atom. The van der Waals surface area contributed by atoms with Crippen molar-refractivity contribution in [2.24, 2.45) is 7.05 Å². The summed E-state index contributed by atoms with van der Waals surface area (Å²) < 4.78 is 4.29. The molecule has 0 saturated carbocycles. The quantitative estimate of drug-likeness (QED) is 0.636. The van der Waals surface area contributed by atoms with Crippen LogP contribution in [0.3, 0.4) is 0 Å². The summed E-state index contributed by atoms with van der Waals surface area (Å²) in [6, 6.07) is 7.24. The molecule has 0 aliphatic carbocycles. The Bertz CT molecular complexity index is 981. The maximum Gasteiger partial charge on any atom is 0.0953 e. The molecule has 3 aromatic rings. The number of hydrogen-bond acceptors (Lipinski definition) is 3. The summed E-state index contributed by atoms with van der Waals surface area (Å²) in [6.45, 7) is 11.1. The second-order valence-corrected chi connectivity index (χ2v) is 8.09. The van der Waals surface area contributed by atoms with Crippen LogP contribution in [0.5, 0.6) is 0 Å². The Morgan fingerprint density at radius 1 is 1.21 bits per heavy atom. The zero-order valence-corrected chi connectivity index (χ0v) is 17.7. The van der Waals surface area contributed by atoms with E-state index < -0.39 is 0 Å². The summed E-state index contributed by atoms with van der Waals surface area (Å²) in [5, 5.41) is 4.57. The van der Waals surface area contributed by atoms with Gasteiger partial charge >= 0.3 is 0 Å². The van der Waals surface area contributed by atoms with Crippen LogP contribution in [0.1, 0.15) is 48.8 Å². The van der Waals surface area contributed by atoms with Gasteiger partial charge in [0.05, 0.1) is 23.9 Å². The van der Waals surface area contributed by atoms with E-state index in [1.165, 1.54) is 40.2 Å². The van der Waals surface area contributed by atoms with Crippen molar-refractivity contribution in [1.29, 1.82) is 0 Å². The van der Waals surface area contributed by atoms with Crippen LogP contribution in [0.2, 0.25) is 0 Å². The van der Waals surface area contributed by atoms with Crippen LogP contribution in [0.4, 0.5) is 5.69 Å². The molecular weight excluding hydrogens is 346 g/mol. The van der Waals surface area contributed by atoms with E-state index in [2.05, 4.69) is 65.4 Å². The summed E-state index contributed by atoms with van der Waals surface area (Å²) in [5.41, 5.74) is 9.06. The molecule has 3 heterocycles. The fraction of sp³-hybridized carbons (Fsp3) is 0.478. The lowest BCUT2D eigenvalue weighted by atomic mass is 10.0. The molecule has 0 amide bonds. The lowest BCUT2D eigenvalue weighted by molar-refractivity contribution is 0.546. The van der Waals surface area contributed by atoms with Crippen LogP contribution in [0, 0.1) is 13.8 Å². The van der Waals surface area contributed by atoms with Gasteiger partial charge < -0.3 is 9.47 Å². The summed E-state index contributed by atoms with van der Waals surface area (Å²) in [5.74, 6) is 0. The fourth-order valence-electron chi connectivity index (χ4n) is 4.52. The molecule has 1 atom stereocenters. The maximum atomic E-state index is 4.57. The van der Waals surface area contributed by atoms with E-state index in [1.54, 1.807) is 0 Å².